The number of anilines is 1. The Morgan fingerprint density at radius 2 is 1.90 bits per heavy atom. The molecule has 0 saturated carbocycles. The third-order valence-electron chi connectivity index (χ3n) is 4.55. The molecule has 1 N–H and O–H groups in total. The minimum Gasteiger partial charge on any atom is -0.495 e. The summed E-state index contributed by atoms with van der Waals surface area (Å²) in [5, 5.41) is 9.78. The quantitative estimate of drug-likeness (QED) is 0.458. The molecule has 0 spiro atoms. The molecule has 2 aromatic carbocycles. The van der Waals surface area contributed by atoms with Crippen molar-refractivity contribution in [3.8, 4) is 17.1 Å². The molecular weight excluding hydrogens is 490 g/mol. The number of furan rings is 1. The minimum atomic E-state index is -3.71. The maximum absolute atomic E-state index is 12.8. The average Bonchev–Trinajstić information content (AvgIpc) is 3.09. The van der Waals surface area contributed by atoms with Crippen molar-refractivity contribution in [2.45, 2.75) is 6.92 Å². The van der Waals surface area contributed by atoms with Crippen molar-refractivity contribution in [2.24, 2.45) is 0 Å². The Morgan fingerprint density at radius 3 is 2.45 bits per heavy atom. The second kappa shape index (κ2) is 9.29. The molecule has 0 saturated heterocycles. The van der Waals surface area contributed by atoms with Gasteiger partial charge in [0.1, 0.15) is 22.7 Å². The van der Waals surface area contributed by atoms with E-state index in [4.69, 9.17) is 13.9 Å². The number of hydrogen-bond donors (Lipinski definition) is 1. The summed E-state index contributed by atoms with van der Waals surface area (Å²) in [5.41, 5.74) is 1.34. The summed E-state index contributed by atoms with van der Waals surface area (Å²) in [7, 11) is -2.32. The third kappa shape index (κ3) is 4.70. The van der Waals surface area contributed by atoms with Crippen molar-refractivity contribution in [1.82, 2.24) is 0 Å². The van der Waals surface area contributed by atoms with E-state index in [-0.39, 0.29) is 42.3 Å². The zero-order valence-corrected chi connectivity index (χ0v) is 19.6. The van der Waals surface area contributed by atoms with Gasteiger partial charge in [-0.15, -0.1) is 0 Å². The number of carbonyl (C=O) groups is 1. The Balaban J connectivity index is 2.32. The molecule has 1 aromatic heterocycles. The molecule has 0 radical (unpaired) electrons. The second-order valence-electron chi connectivity index (χ2n) is 6.61. The van der Waals surface area contributed by atoms with Crippen LogP contribution in [0.2, 0.25) is 0 Å². The van der Waals surface area contributed by atoms with Gasteiger partial charge in [0, 0.05) is 21.5 Å². The number of aliphatic hydroxyl groups is 1. The van der Waals surface area contributed by atoms with Gasteiger partial charge in [0.05, 0.1) is 38.8 Å². The van der Waals surface area contributed by atoms with Crippen molar-refractivity contribution in [1.29, 1.82) is 0 Å². The van der Waals surface area contributed by atoms with Gasteiger partial charge in [0.2, 0.25) is 10.0 Å². The molecule has 1 heterocycles. The van der Waals surface area contributed by atoms with Gasteiger partial charge in [-0.05, 0) is 25.1 Å². The van der Waals surface area contributed by atoms with Crippen LogP contribution in [-0.4, -0.2) is 52.6 Å². The van der Waals surface area contributed by atoms with Gasteiger partial charge in [-0.25, -0.2) is 13.2 Å². The number of hydrogen-bond acceptors (Lipinski definition) is 7. The molecule has 0 unspecified atom stereocenters. The smallest absolute Gasteiger partial charge is 0.342 e. The molecule has 3 rings (SSSR count). The van der Waals surface area contributed by atoms with Gasteiger partial charge in [0.25, 0.3) is 0 Å². The van der Waals surface area contributed by atoms with Gasteiger partial charge in [-0.2, -0.15) is 0 Å². The summed E-state index contributed by atoms with van der Waals surface area (Å²) in [6.45, 7) is 1.34. The van der Waals surface area contributed by atoms with Crippen LogP contribution in [0.4, 0.5) is 5.69 Å². The van der Waals surface area contributed by atoms with Crippen LogP contribution in [0.1, 0.15) is 17.3 Å². The molecule has 3 aromatic rings. The Labute approximate surface area is 188 Å². The second-order valence-corrected chi connectivity index (χ2v) is 9.43. The molecule has 0 bridgehead atoms. The molecule has 0 aliphatic heterocycles. The average molecular weight is 512 g/mol. The largest absolute Gasteiger partial charge is 0.495 e. The fourth-order valence-electron chi connectivity index (χ4n) is 3.24. The van der Waals surface area contributed by atoms with Crippen LogP contribution in [-0.2, 0) is 14.8 Å². The monoisotopic (exact) mass is 511 g/mol. The third-order valence-corrected chi connectivity index (χ3v) is 6.26. The molecule has 0 aliphatic carbocycles. The molecule has 0 fully saturated rings. The lowest BCUT2D eigenvalue weighted by molar-refractivity contribution is 0.0528. The highest BCUT2D eigenvalue weighted by Crippen LogP contribution is 2.41. The number of nitrogens with zero attached hydrogens (tertiary/aromatic N) is 1. The molecule has 31 heavy (non-hydrogen) atoms. The molecule has 0 atom stereocenters. The van der Waals surface area contributed by atoms with E-state index in [1.807, 2.05) is 12.1 Å². The highest BCUT2D eigenvalue weighted by Gasteiger charge is 2.28. The zero-order valence-electron chi connectivity index (χ0n) is 17.2. The number of aliphatic hydroxyl groups excluding tert-OH is 1. The van der Waals surface area contributed by atoms with Crippen LogP contribution < -0.4 is 9.04 Å². The van der Waals surface area contributed by atoms with E-state index in [0.29, 0.717) is 16.7 Å². The van der Waals surface area contributed by atoms with Crippen LogP contribution >= 0.6 is 15.9 Å². The number of carbonyl (C=O) groups excluding carboxylic acids is 1. The normalized spacial score (nSPS) is 11.5. The SMILES string of the molecule is CCOC(=O)c1c(-c2ccc(Br)cc2)oc2cc(N(CCO)S(C)(=O)=O)c(OC)cc12. The highest BCUT2D eigenvalue weighted by atomic mass is 79.9. The number of benzene rings is 2. The van der Waals surface area contributed by atoms with E-state index in [1.165, 1.54) is 13.2 Å². The first-order valence-corrected chi connectivity index (χ1v) is 12.0. The Kier molecular flexibility index (Phi) is 6.93. The van der Waals surface area contributed by atoms with Gasteiger partial charge in [-0.3, -0.25) is 4.31 Å². The molecule has 8 nitrogen and oxygen atoms in total. The van der Waals surface area contributed by atoms with Crippen molar-refractivity contribution in [2.75, 3.05) is 37.4 Å². The predicted octanol–water partition coefficient (Wildman–Crippen LogP) is 3.81. The maximum Gasteiger partial charge on any atom is 0.342 e. The lowest BCUT2D eigenvalue weighted by Crippen LogP contribution is -2.32. The van der Waals surface area contributed by atoms with Crippen LogP contribution in [0.5, 0.6) is 5.75 Å². The number of esters is 1. The van der Waals surface area contributed by atoms with E-state index in [0.717, 1.165) is 15.0 Å². The maximum atomic E-state index is 12.8. The number of ether oxygens (including phenoxy) is 2. The first-order chi connectivity index (χ1) is 14.7. The Hall–Kier alpha value is -2.56. The number of sulfonamides is 1. The molecular formula is C21H22BrNO7S. The van der Waals surface area contributed by atoms with Crippen molar-refractivity contribution in [3.63, 3.8) is 0 Å². The van der Waals surface area contributed by atoms with Crippen LogP contribution in [0.3, 0.4) is 0 Å². The molecule has 0 aliphatic rings. The summed E-state index contributed by atoms with van der Waals surface area (Å²) in [5.74, 6) is -0.0578. The van der Waals surface area contributed by atoms with Crippen LogP contribution in [0.15, 0.2) is 45.3 Å². The fourth-order valence-corrected chi connectivity index (χ4v) is 4.41. The summed E-state index contributed by atoms with van der Waals surface area (Å²) in [6.07, 6.45) is 1.03. The summed E-state index contributed by atoms with van der Waals surface area (Å²) in [6, 6.07) is 10.2. The summed E-state index contributed by atoms with van der Waals surface area (Å²) >= 11 is 3.38. The van der Waals surface area contributed by atoms with Crippen molar-refractivity contribution < 1.29 is 32.2 Å². The van der Waals surface area contributed by atoms with Crippen LogP contribution in [0.25, 0.3) is 22.3 Å². The molecule has 0 amide bonds. The van der Waals surface area contributed by atoms with E-state index in [9.17, 15) is 18.3 Å². The van der Waals surface area contributed by atoms with Gasteiger partial charge < -0.3 is 19.0 Å². The number of fused-ring (bicyclic) bond motifs is 1. The van der Waals surface area contributed by atoms with E-state index in [1.54, 1.807) is 25.1 Å². The predicted molar refractivity (Wildman–Crippen MR) is 121 cm³/mol. The first-order valence-electron chi connectivity index (χ1n) is 9.37. The van der Waals surface area contributed by atoms with Gasteiger partial charge in [0.15, 0.2) is 0 Å². The van der Waals surface area contributed by atoms with Crippen LogP contribution in [0, 0.1) is 0 Å². The number of rotatable bonds is 8. The van der Waals surface area contributed by atoms with E-state index < -0.39 is 16.0 Å². The standard InChI is InChI=1S/C21H22BrNO7S/c1-4-29-21(25)19-15-11-18(28-2)16(23(9-10-24)31(3,26)27)12-17(15)30-20(19)13-5-7-14(22)8-6-13/h5-8,11-12,24H,4,9-10H2,1-3H3. The Morgan fingerprint density at radius 1 is 1.23 bits per heavy atom. The van der Waals surface area contributed by atoms with Crippen molar-refractivity contribution in [3.05, 3.63) is 46.4 Å². The minimum absolute atomic E-state index is 0.161. The fraction of sp³-hybridized carbons (Fsp3) is 0.286. The number of methoxy groups -OCH3 is 1. The Bertz CT molecular complexity index is 1200. The topological polar surface area (TPSA) is 106 Å². The molecule has 10 heteroatoms. The first kappa shape index (κ1) is 23.1. The summed E-state index contributed by atoms with van der Waals surface area (Å²) in [4.78, 5) is 12.8. The van der Waals surface area contributed by atoms with E-state index in [2.05, 4.69) is 15.9 Å². The lowest BCUT2D eigenvalue weighted by atomic mass is 10.0. The molecule has 166 valence electrons. The van der Waals surface area contributed by atoms with Gasteiger partial charge >= 0.3 is 5.97 Å². The number of halogens is 1. The van der Waals surface area contributed by atoms with Crippen molar-refractivity contribution >= 4 is 48.6 Å². The lowest BCUT2D eigenvalue weighted by Gasteiger charge is -2.23. The zero-order chi connectivity index (χ0) is 22.8. The van der Waals surface area contributed by atoms with Gasteiger partial charge in [-0.1, -0.05) is 28.1 Å². The van der Waals surface area contributed by atoms with E-state index >= 15 is 0 Å². The summed E-state index contributed by atoms with van der Waals surface area (Å²) < 4.78 is 43.1. The highest BCUT2D eigenvalue weighted by molar-refractivity contribution is 9.10.